The molecule has 4 nitrogen and oxygen atoms in total. The van der Waals surface area contributed by atoms with Crippen LogP contribution in [0.3, 0.4) is 0 Å². The fraction of sp³-hybridized carbons (Fsp3) is 0.538. The third-order valence-electron chi connectivity index (χ3n) is 3.43. The molecule has 0 spiro atoms. The largest absolute Gasteiger partial charge is 0.506 e. The molecule has 1 N–H and O–H groups in total. The van der Waals surface area contributed by atoms with Crippen molar-refractivity contribution in [1.29, 1.82) is 0 Å². The molecule has 0 radical (unpaired) electrons. The fourth-order valence-electron chi connectivity index (χ4n) is 2.24. The molecule has 0 aromatic carbocycles. The van der Waals surface area contributed by atoms with Crippen molar-refractivity contribution in [3.63, 3.8) is 0 Å². The van der Waals surface area contributed by atoms with Crippen LogP contribution in [0.2, 0.25) is 0 Å². The molecule has 0 bridgehead atoms. The first kappa shape index (κ1) is 11.9. The Morgan fingerprint density at radius 2 is 2.29 bits per heavy atom. The zero-order valence-corrected chi connectivity index (χ0v) is 10.3. The van der Waals surface area contributed by atoms with Crippen molar-refractivity contribution in [1.82, 2.24) is 9.88 Å². The van der Waals surface area contributed by atoms with Gasteiger partial charge in [-0.2, -0.15) is 0 Å². The second-order valence-electron chi connectivity index (χ2n) is 4.98. The van der Waals surface area contributed by atoms with Crippen LogP contribution in [-0.4, -0.2) is 34.0 Å². The summed E-state index contributed by atoms with van der Waals surface area (Å²) >= 11 is 0. The topological polar surface area (TPSA) is 53.4 Å². The van der Waals surface area contributed by atoms with Gasteiger partial charge in [0.2, 0.25) is 0 Å². The van der Waals surface area contributed by atoms with Gasteiger partial charge in [-0.3, -0.25) is 9.78 Å². The maximum atomic E-state index is 12.1. The number of hydrogen-bond donors (Lipinski definition) is 1. The highest BCUT2D eigenvalue weighted by atomic mass is 16.3. The van der Waals surface area contributed by atoms with E-state index in [2.05, 4.69) is 18.8 Å². The van der Waals surface area contributed by atoms with Gasteiger partial charge in [-0.15, -0.1) is 0 Å². The van der Waals surface area contributed by atoms with E-state index in [1.807, 2.05) is 4.90 Å². The van der Waals surface area contributed by atoms with Gasteiger partial charge in [0.15, 0.2) is 0 Å². The van der Waals surface area contributed by atoms with E-state index in [-0.39, 0.29) is 11.7 Å². The van der Waals surface area contributed by atoms with E-state index in [0.717, 1.165) is 19.5 Å². The molecule has 4 heteroatoms. The van der Waals surface area contributed by atoms with Gasteiger partial charge in [0.05, 0.1) is 11.8 Å². The van der Waals surface area contributed by atoms with Crippen LogP contribution < -0.4 is 0 Å². The lowest BCUT2D eigenvalue weighted by molar-refractivity contribution is 0.0783. The molecule has 92 valence electrons. The van der Waals surface area contributed by atoms with Crippen molar-refractivity contribution in [2.45, 2.75) is 20.3 Å². The lowest BCUT2D eigenvalue weighted by Gasteiger charge is -2.18. The fourth-order valence-corrected chi connectivity index (χ4v) is 2.24. The average Bonchev–Trinajstić information content (AvgIpc) is 2.77. The first-order valence-corrected chi connectivity index (χ1v) is 6.01. The maximum Gasteiger partial charge on any atom is 0.255 e. The standard InChI is InChI=1S/C13H18N2O2/c1-9(2)10-3-4-15(8-10)13(17)11-5-12(16)7-14-6-11/h5-7,9-10,16H,3-4,8H2,1-2H3. The van der Waals surface area contributed by atoms with E-state index in [0.29, 0.717) is 17.4 Å². The van der Waals surface area contributed by atoms with Gasteiger partial charge in [-0.1, -0.05) is 13.8 Å². The molecule has 1 aliphatic rings. The number of aromatic nitrogens is 1. The summed E-state index contributed by atoms with van der Waals surface area (Å²) in [7, 11) is 0. The second kappa shape index (κ2) is 4.73. The maximum absolute atomic E-state index is 12.1. The van der Waals surface area contributed by atoms with Crippen molar-refractivity contribution in [2.24, 2.45) is 11.8 Å². The summed E-state index contributed by atoms with van der Waals surface area (Å²) in [4.78, 5) is 17.8. The molecule has 1 amide bonds. The molecule has 1 unspecified atom stereocenters. The third kappa shape index (κ3) is 2.57. The Kier molecular flexibility index (Phi) is 3.31. The quantitative estimate of drug-likeness (QED) is 0.850. The summed E-state index contributed by atoms with van der Waals surface area (Å²) < 4.78 is 0. The molecule has 1 aromatic rings. The van der Waals surface area contributed by atoms with Crippen LogP contribution in [0.25, 0.3) is 0 Å². The number of hydrogen-bond acceptors (Lipinski definition) is 3. The first-order valence-electron chi connectivity index (χ1n) is 6.01. The van der Waals surface area contributed by atoms with Crippen LogP contribution in [0, 0.1) is 11.8 Å². The summed E-state index contributed by atoms with van der Waals surface area (Å²) in [6.45, 7) is 5.99. The smallest absolute Gasteiger partial charge is 0.255 e. The Hall–Kier alpha value is -1.58. The van der Waals surface area contributed by atoms with Gasteiger partial charge in [-0.05, 0) is 24.3 Å². The number of carbonyl (C=O) groups is 1. The molecule has 1 aliphatic heterocycles. The lowest BCUT2D eigenvalue weighted by Crippen LogP contribution is -2.29. The van der Waals surface area contributed by atoms with Crippen LogP contribution in [0.15, 0.2) is 18.5 Å². The van der Waals surface area contributed by atoms with Crippen molar-refractivity contribution >= 4 is 5.91 Å². The SMILES string of the molecule is CC(C)C1CCN(C(=O)c2cncc(O)c2)C1. The molecular formula is C13H18N2O2. The number of rotatable bonds is 2. The number of pyridine rings is 1. The highest BCUT2D eigenvalue weighted by Crippen LogP contribution is 2.25. The number of likely N-dealkylation sites (tertiary alicyclic amines) is 1. The minimum absolute atomic E-state index is 0.0310. The van der Waals surface area contributed by atoms with E-state index in [1.165, 1.54) is 18.5 Å². The molecule has 1 fully saturated rings. The predicted molar refractivity (Wildman–Crippen MR) is 64.8 cm³/mol. The molecule has 0 aliphatic carbocycles. The zero-order chi connectivity index (χ0) is 12.4. The predicted octanol–water partition coefficient (Wildman–Crippen LogP) is 1.91. The molecule has 2 rings (SSSR count). The van der Waals surface area contributed by atoms with E-state index in [1.54, 1.807) is 0 Å². The van der Waals surface area contributed by atoms with E-state index < -0.39 is 0 Å². The Bertz CT molecular complexity index is 418. The number of aromatic hydroxyl groups is 1. The Labute approximate surface area is 101 Å². The summed E-state index contributed by atoms with van der Waals surface area (Å²) in [5.41, 5.74) is 0.467. The van der Waals surface area contributed by atoms with Crippen LogP contribution in [0.4, 0.5) is 0 Å². The zero-order valence-electron chi connectivity index (χ0n) is 10.3. The van der Waals surface area contributed by atoms with Gasteiger partial charge in [-0.25, -0.2) is 0 Å². The van der Waals surface area contributed by atoms with Crippen LogP contribution in [-0.2, 0) is 0 Å². The second-order valence-corrected chi connectivity index (χ2v) is 4.98. The number of carbonyl (C=O) groups excluding carboxylic acids is 1. The van der Waals surface area contributed by atoms with Gasteiger partial charge >= 0.3 is 0 Å². The van der Waals surface area contributed by atoms with Gasteiger partial charge in [0, 0.05) is 19.3 Å². The van der Waals surface area contributed by atoms with Crippen molar-refractivity contribution in [2.75, 3.05) is 13.1 Å². The third-order valence-corrected chi connectivity index (χ3v) is 3.43. The Morgan fingerprint density at radius 1 is 1.53 bits per heavy atom. The average molecular weight is 234 g/mol. The molecule has 0 saturated carbocycles. The van der Waals surface area contributed by atoms with Crippen molar-refractivity contribution in [3.05, 3.63) is 24.0 Å². The highest BCUT2D eigenvalue weighted by molar-refractivity contribution is 5.94. The molecule has 1 atom stereocenters. The van der Waals surface area contributed by atoms with Crippen molar-refractivity contribution in [3.8, 4) is 5.75 Å². The summed E-state index contributed by atoms with van der Waals surface area (Å²) in [5.74, 6) is 1.20. The van der Waals surface area contributed by atoms with E-state index in [9.17, 15) is 9.90 Å². The monoisotopic (exact) mass is 234 g/mol. The Balaban J connectivity index is 2.07. The lowest BCUT2D eigenvalue weighted by atomic mass is 9.95. The van der Waals surface area contributed by atoms with Crippen LogP contribution in [0.5, 0.6) is 5.75 Å². The summed E-state index contributed by atoms with van der Waals surface area (Å²) in [5, 5.41) is 9.31. The number of amides is 1. The van der Waals surface area contributed by atoms with Gasteiger partial charge in [0.1, 0.15) is 5.75 Å². The Morgan fingerprint density at radius 3 is 2.88 bits per heavy atom. The molecule has 1 saturated heterocycles. The molecular weight excluding hydrogens is 216 g/mol. The van der Waals surface area contributed by atoms with Crippen molar-refractivity contribution < 1.29 is 9.90 Å². The van der Waals surface area contributed by atoms with Crippen LogP contribution in [0.1, 0.15) is 30.6 Å². The summed E-state index contributed by atoms with van der Waals surface area (Å²) in [6, 6.07) is 1.47. The molecule has 17 heavy (non-hydrogen) atoms. The van der Waals surface area contributed by atoms with E-state index in [4.69, 9.17) is 0 Å². The first-order chi connectivity index (χ1) is 8.08. The van der Waals surface area contributed by atoms with Gasteiger partial charge < -0.3 is 10.0 Å². The number of nitrogens with zero attached hydrogens (tertiary/aromatic N) is 2. The normalized spacial score (nSPS) is 19.9. The van der Waals surface area contributed by atoms with Gasteiger partial charge in [0.25, 0.3) is 5.91 Å². The summed E-state index contributed by atoms with van der Waals surface area (Å²) in [6.07, 6.45) is 3.90. The minimum Gasteiger partial charge on any atom is -0.506 e. The highest BCUT2D eigenvalue weighted by Gasteiger charge is 2.28. The van der Waals surface area contributed by atoms with E-state index >= 15 is 0 Å². The minimum atomic E-state index is -0.0310. The molecule has 2 heterocycles. The van der Waals surface area contributed by atoms with Crippen LogP contribution >= 0.6 is 0 Å². The molecule has 1 aromatic heterocycles.